The molecule has 3 aromatic rings. The molecule has 0 spiro atoms. The van der Waals surface area contributed by atoms with Gasteiger partial charge in [0, 0.05) is 42.2 Å². The predicted molar refractivity (Wildman–Crippen MR) is 161 cm³/mol. The number of ether oxygens (including phenoxy) is 1. The third-order valence-corrected chi connectivity index (χ3v) is 8.31. The van der Waals surface area contributed by atoms with Crippen molar-refractivity contribution >= 4 is 34.5 Å². The summed E-state index contributed by atoms with van der Waals surface area (Å²) in [6, 6.07) is 7.10. The van der Waals surface area contributed by atoms with Crippen LogP contribution in [0.1, 0.15) is 66.8 Å². The summed E-state index contributed by atoms with van der Waals surface area (Å²) in [5.74, 6) is -2.30. The molecule has 2 heterocycles. The van der Waals surface area contributed by atoms with Gasteiger partial charge in [-0.3, -0.25) is 14.2 Å². The van der Waals surface area contributed by atoms with Gasteiger partial charge < -0.3 is 26.0 Å². The van der Waals surface area contributed by atoms with Crippen molar-refractivity contribution in [1.82, 2.24) is 14.8 Å². The first-order valence-corrected chi connectivity index (χ1v) is 14.7. The summed E-state index contributed by atoms with van der Waals surface area (Å²) in [7, 11) is 3.84. The van der Waals surface area contributed by atoms with E-state index in [1.54, 1.807) is 16.7 Å². The maximum Gasteiger partial charge on any atom is 0.407 e. The average Bonchev–Trinajstić information content (AvgIpc) is 3.21. The molecule has 43 heavy (non-hydrogen) atoms. The largest absolute Gasteiger partial charge is 0.446 e. The Kier molecular flexibility index (Phi) is 8.47. The monoisotopic (exact) mass is 595 g/mol. The minimum atomic E-state index is -0.903. The highest BCUT2D eigenvalue weighted by molar-refractivity contribution is 6.06. The first kappa shape index (κ1) is 30.5. The number of hydrogen-bond acceptors (Lipinski definition) is 6. The van der Waals surface area contributed by atoms with E-state index in [4.69, 9.17) is 10.5 Å². The topological polar surface area (TPSA) is 119 Å². The summed E-state index contributed by atoms with van der Waals surface area (Å²) >= 11 is 0. The van der Waals surface area contributed by atoms with Crippen molar-refractivity contribution < 1.29 is 27.9 Å². The summed E-state index contributed by atoms with van der Waals surface area (Å²) < 4.78 is 37.1. The Morgan fingerprint density at radius 3 is 2.49 bits per heavy atom. The van der Waals surface area contributed by atoms with E-state index in [1.807, 2.05) is 32.8 Å². The van der Waals surface area contributed by atoms with Crippen molar-refractivity contribution in [3.05, 3.63) is 53.2 Å². The molecule has 0 radical (unpaired) electrons. The lowest BCUT2D eigenvalue weighted by atomic mass is 9.80. The number of nitrogens with zero attached hydrogens (tertiary/aromatic N) is 2. The first-order valence-electron chi connectivity index (χ1n) is 14.7. The Hall–Kier alpha value is -3.99. The number of carbonyl (C=O) groups is 3. The van der Waals surface area contributed by atoms with Gasteiger partial charge in [0.1, 0.15) is 17.7 Å². The van der Waals surface area contributed by atoms with E-state index in [0.29, 0.717) is 79.3 Å². The number of nitrogens with two attached hydrogens (primary N) is 1. The highest BCUT2D eigenvalue weighted by Gasteiger charge is 2.36. The summed E-state index contributed by atoms with van der Waals surface area (Å²) in [5, 5.41) is 6.69. The minimum absolute atomic E-state index is 0.112. The van der Waals surface area contributed by atoms with E-state index in [9.17, 15) is 18.8 Å². The molecule has 0 atom stereocenters. The van der Waals surface area contributed by atoms with Gasteiger partial charge in [0.2, 0.25) is 5.91 Å². The van der Waals surface area contributed by atoms with Gasteiger partial charge in [0.25, 0.3) is 5.91 Å². The number of rotatable bonds is 8. The van der Waals surface area contributed by atoms with Crippen molar-refractivity contribution in [2.24, 2.45) is 11.1 Å². The van der Waals surface area contributed by atoms with Crippen LogP contribution in [0.4, 0.5) is 19.3 Å². The van der Waals surface area contributed by atoms with Crippen LogP contribution in [-0.2, 0) is 11.2 Å². The third-order valence-electron chi connectivity index (χ3n) is 8.31. The molecule has 0 unspecified atom stereocenters. The molecule has 2 aliphatic rings. The molecule has 1 aromatic heterocycles. The zero-order chi connectivity index (χ0) is 31.1. The highest BCUT2D eigenvalue weighted by Crippen LogP contribution is 2.44. The number of nitrogens with one attached hydrogen (secondary N) is 2. The summed E-state index contributed by atoms with van der Waals surface area (Å²) in [6.45, 7) is 5.18. The van der Waals surface area contributed by atoms with Crippen LogP contribution in [0.15, 0.2) is 30.3 Å². The number of halogens is 2. The minimum Gasteiger partial charge on any atom is -0.446 e. The molecule has 0 bridgehead atoms. The molecule has 1 fully saturated rings. The van der Waals surface area contributed by atoms with E-state index in [0.717, 1.165) is 0 Å². The molecule has 5 rings (SSSR count). The van der Waals surface area contributed by atoms with E-state index in [-0.39, 0.29) is 34.7 Å². The van der Waals surface area contributed by atoms with Crippen LogP contribution >= 0.6 is 0 Å². The lowest BCUT2D eigenvalue weighted by Crippen LogP contribution is -2.36. The molecule has 11 heteroatoms. The lowest BCUT2D eigenvalue weighted by Gasteiger charge is -2.31. The number of fused-ring (bicyclic) bond motifs is 3. The lowest BCUT2D eigenvalue weighted by molar-refractivity contribution is 0.0728. The fraction of sp³-hybridized carbons (Fsp3) is 0.469. The van der Waals surface area contributed by atoms with Crippen LogP contribution in [0.2, 0.25) is 0 Å². The Morgan fingerprint density at radius 2 is 1.81 bits per heavy atom. The maximum atomic E-state index is 15.6. The summed E-state index contributed by atoms with van der Waals surface area (Å²) in [4.78, 5) is 39.7. The fourth-order valence-corrected chi connectivity index (χ4v) is 6.33. The number of carbonyl (C=O) groups excluding carboxylic acids is 3. The number of primary amides is 1. The predicted octanol–water partition coefficient (Wildman–Crippen LogP) is 5.31. The first-order chi connectivity index (χ1) is 20.3. The van der Waals surface area contributed by atoms with Gasteiger partial charge in [-0.1, -0.05) is 13.8 Å². The fourth-order valence-electron chi connectivity index (χ4n) is 6.33. The Morgan fingerprint density at radius 1 is 1.09 bits per heavy atom. The summed E-state index contributed by atoms with van der Waals surface area (Å²) in [6.07, 6.45) is 2.61. The van der Waals surface area contributed by atoms with Crippen molar-refractivity contribution in [1.29, 1.82) is 0 Å². The number of benzene rings is 2. The van der Waals surface area contributed by atoms with Crippen LogP contribution in [0, 0.1) is 17.0 Å². The zero-order valence-electron chi connectivity index (χ0n) is 25.1. The molecule has 2 aromatic carbocycles. The van der Waals surface area contributed by atoms with Gasteiger partial charge in [0.05, 0.1) is 16.8 Å². The molecular weight excluding hydrogens is 556 g/mol. The molecule has 9 nitrogen and oxygen atoms in total. The highest BCUT2D eigenvalue weighted by atomic mass is 19.1. The van der Waals surface area contributed by atoms with E-state index in [1.165, 1.54) is 18.2 Å². The van der Waals surface area contributed by atoms with Crippen molar-refractivity contribution in [3.63, 3.8) is 0 Å². The number of aromatic nitrogens is 1. The van der Waals surface area contributed by atoms with Gasteiger partial charge in [-0.25, -0.2) is 13.6 Å². The molecule has 4 N–H and O–H groups in total. The number of amides is 2. The molecule has 1 saturated carbocycles. The van der Waals surface area contributed by atoms with E-state index >= 15 is 4.39 Å². The van der Waals surface area contributed by atoms with Crippen LogP contribution < -0.4 is 16.4 Å². The number of hydrogen-bond donors (Lipinski definition) is 3. The second-order valence-electron chi connectivity index (χ2n) is 12.7. The Labute approximate surface area is 249 Å². The van der Waals surface area contributed by atoms with E-state index in [2.05, 4.69) is 10.6 Å². The Balaban J connectivity index is 1.43. The zero-order valence-corrected chi connectivity index (χ0v) is 25.1. The van der Waals surface area contributed by atoms with Crippen LogP contribution in [-0.4, -0.2) is 66.7 Å². The second kappa shape index (κ2) is 11.9. The quantitative estimate of drug-likeness (QED) is 0.325. The number of likely N-dealkylation sites (N-methyl/N-ethyl adjacent to an activating group) is 1. The molecule has 1 aliphatic heterocycles. The van der Waals surface area contributed by atoms with Crippen LogP contribution in [0.5, 0.6) is 0 Å². The van der Waals surface area contributed by atoms with Gasteiger partial charge in [-0.2, -0.15) is 0 Å². The summed E-state index contributed by atoms with van der Waals surface area (Å²) in [5.41, 5.74) is 7.50. The standard InChI is InChI=1S/C32H39F2N5O4/c1-32(2)16-26-28(22-10-5-19(33)15-25(22)39(26)27(40)17-32)18-13-23(34)29(30(35)41)24(14-18)37-20-6-8-21(9-7-20)43-31(42)36-11-12-38(3)4/h5,10,13-15,20-21,37H,6-9,11-12,16-17H2,1-4H3,(H2,35,41)(H,36,42)/t20-,21-. The van der Waals surface area contributed by atoms with Crippen LogP contribution in [0.3, 0.4) is 0 Å². The SMILES string of the molecule is CN(C)CCNC(=O)O[C@H]1CC[C@H](Nc2cc(-c3c4n(c5cc(F)ccc35)C(=O)CC(C)(C)C4)cc(F)c2C(N)=O)CC1. The average molecular weight is 596 g/mol. The number of alkyl carbamates (subject to hydrolysis) is 1. The Bertz CT molecular complexity index is 1570. The third kappa shape index (κ3) is 6.51. The number of anilines is 1. The van der Waals surface area contributed by atoms with Crippen molar-refractivity contribution in [2.45, 2.75) is 64.5 Å². The van der Waals surface area contributed by atoms with E-state index < -0.39 is 23.6 Å². The van der Waals surface area contributed by atoms with Gasteiger partial charge in [-0.15, -0.1) is 0 Å². The maximum absolute atomic E-state index is 15.6. The molecule has 230 valence electrons. The smallest absolute Gasteiger partial charge is 0.407 e. The van der Waals surface area contributed by atoms with Crippen LogP contribution in [0.25, 0.3) is 22.0 Å². The molecular formula is C32H39F2N5O4. The van der Waals surface area contributed by atoms with Gasteiger partial charge in [-0.05, 0) is 87.5 Å². The second-order valence-corrected chi connectivity index (χ2v) is 12.7. The molecule has 2 amide bonds. The molecule has 1 aliphatic carbocycles. The molecule has 0 saturated heterocycles. The van der Waals surface area contributed by atoms with Gasteiger partial charge in [0.15, 0.2) is 0 Å². The normalized spacial score (nSPS) is 19.7. The van der Waals surface area contributed by atoms with Gasteiger partial charge >= 0.3 is 6.09 Å². The van der Waals surface area contributed by atoms with Crippen molar-refractivity contribution in [2.75, 3.05) is 32.5 Å². The van der Waals surface area contributed by atoms with Crippen molar-refractivity contribution in [3.8, 4) is 11.1 Å².